The molecule has 2 saturated heterocycles. The number of rotatable bonds is 5. The summed E-state index contributed by atoms with van der Waals surface area (Å²) in [5.74, 6) is 1.08. The maximum Gasteiger partial charge on any atom is 0.223 e. The topological polar surface area (TPSA) is 83.3 Å². The Morgan fingerprint density at radius 3 is 2.89 bits per heavy atom. The number of hydrogen-bond acceptors (Lipinski definition) is 5. The molecule has 1 aromatic heterocycles. The lowest BCUT2D eigenvalue weighted by Crippen LogP contribution is -2.55. The first-order chi connectivity index (χ1) is 13.7. The fraction of sp³-hybridized carbons (Fsp3) is 0.455. The van der Waals surface area contributed by atoms with Gasteiger partial charge < -0.3 is 10.6 Å². The van der Waals surface area contributed by atoms with Crippen LogP contribution in [0.25, 0.3) is 0 Å². The number of anilines is 1. The van der Waals surface area contributed by atoms with Crippen molar-refractivity contribution in [3.05, 3.63) is 59.8 Å². The molecule has 1 aromatic carbocycles. The Labute approximate surface area is 166 Å². The van der Waals surface area contributed by atoms with Crippen LogP contribution in [0.2, 0.25) is 0 Å². The summed E-state index contributed by atoms with van der Waals surface area (Å²) in [5.41, 5.74) is 15.1. The Bertz CT molecular complexity index is 797. The van der Waals surface area contributed by atoms with Crippen LogP contribution in [0.15, 0.2) is 48.7 Å². The highest BCUT2D eigenvalue weighted by Crippen LogP contribution is 2.31. The molecule has 2 aliphatic heterocycles. The number of likely N-dealkylation sites (tertiary alicyclic amines) is 1. The molecule has 6 heteroatoms. The maximum absolute atomic E-state index is 13.1. The van der Waals surface area contributed by atoms with Crippen molar-refractivity contribution < 1.29 is 4.79 Å². The van der Waals surface area contributed by atoms with Crippen molar-refractivity contribution in [3.63, 3.8) is 0 Å². The first-order valence-electron chi connectivity index (χ1n) is 10.3. The normalized spacial score (nSPS) is 25.0. The van der Waals surface area contributed by atoms with Gasteiger partial charge in [0.25, 0.3) is 0 Å². The van der Waals surface area contributed by atoms with Gasteiger partial charge in [0.1, 0.15) is 5.82 Å². The van der Waals surface area contributed by atoms with Crippen LogP contribution in [-0.4, -0.2) is 41.0 Å². The summed E-state index contributed by atoms with van der Waals surface area (Å²) in [5, 5.41) is 0. The lowest BCUT2D eigenvalue weighted by atomic mass is 9.84. The number of aromatic nitrogens is 1. The van der Waals surface area contributed by atoms with E-state index < -0.39 is 0 Å². The summed E-state index contributed by atoms with van der Waals surface area (Å²) < 4.78 is 0. The van der Waals surface area contributed by atoms with Gasteiger partial charge in [-0.2, -0.15) is 0 Å². The number of nitrogen functional groups attached to an aromatic ring is 1. The summed E-state index contributed by atoms with van der Waals surface area (Å²) in [7, 11) is 0. The number of piperidine rings is 1. The van der Waals surface area contributed by atoms with Crippen LogP contribution >= 0.6 is 0 Å². The van der Waals surface area contributed by atoms with Crippen molar-refractivity contribution in [2.24, 2.45) is 0 Å². The smallest absolute Gasteiger partial charge is 0.223 e. The second-order valence-electron chi connectivity index (χ2n) is 7.81. The maximum atomic E-state index is 13.1. The van der Waals surface area contributed by atoms with E-state index in [1.807, 2.05) is 30.3 Å². The Morgan fingerprint density at radius 2 is 2.07 bits per heavy atom. The molecule has 148 valence electrons. The number of benzene rings is 1. The first-order valence-corrected chi connectivity index (χ1v) is 10.3. The number of nitrogens with two attached hydrogens (primary N) is 1. The third-order valence-corrected chi connectivity index (χ3v) is 6.01. The molecule has 28 heavy (non-hydrogen) atoms. The SMILES string of the molecule is Nc1cc(C2CNNC2C2CCCCN2C(=O)CCc2ccccc2)ccn1. The fourth-order valence-electron chi connectivity index (χ4n) is 4.58. The molecule has 3 heterocycles. The van der Waals surface area contributed by atoms with Crippen LogP contribution in [0.1, 0.15) is 42.7 Å². The number of hydrazine groups is 1. The van der Waals surface area contributed by atoms with E-state index in [0.717, 1.165) is 38.8 Å². The third kappa shape index (κ3) is 4.18. The number of carbonyl (C=O) groups is 1. The number of pyridine rings is 1. The monoisotopic (exact) mass is 379 g/mol. The highest BCUT2D eigenvalue weighted by atomic mass is 16.2. The van der Waals surface area contributed by atoms with Gasteiger partial charge in [0.15, 0.2) is 0 Å². The number of aryl methyl sites for hydroxylation is 1. The zero-order chi connectivity index (χ0) is 19.3. The van der Waals surface area contributed by atoms with Crippen LogP contribution in [-0.2, 0) is 11.2 Å². The minimum atomic E-state index is 0.183. The number of amides is 1. The number of hydrogen-bond donors (Lipinski definition) is 3. The van der Waals surface area contributed by atoms with Gasteiger partial charge in [0, 0.05) is 43.7 Å². The predicted octanol–water partition coefficient (Wildman–Crippen LogP) is 2.24. The van der Waals surface area contributed by atoms with Gasteiger partial charge >= 0.3 is 0 Å². The van der Waals surface area contributed by atoms with Crippen molar-refractivity contribution in [2.75, 3.05) is 18.8 Å². The lowest BCUT2D eigenvalue weighted by Gasteiger charge is -2.41. The van der Waals surface area contributed by atoms with Crippen LogP contribution in [0.5, 0.6) is 0 Å². The molecule has 6 nitrogen and oxygen atoms in total. The molecule has 2 aliphatic rings. The number of carbonyl (C=O) groups excluding carboxylic acids is 1. The lowest BCUT2D eigenvalue weighted by molar-refractivity contribution is -0.135. The Kier molecular flexibility index (Phi) is 5.88. The summed E-state index contributed by atoms with van der Waals surface area (Å²) in [6, 6.07) is 14.6. The second-order valence-corrected chi connectivity index (χ2v) is 7.81. The van der Waals surface area contributed by atoms with E-state index in [0.29, 0.717) is 12.2 Å². The zero-order valence-electron chi connectivity index (χ0n) is 16.2. The molecule has 4 rings (SSSR count). The quantitative estimate of drug-likeness (QED) is 0.742. The minimum absolute atomic E-state index is 0.183. The molecular weight excluding hydrogens is 350 g/mol. The van der Waals surface area contributed by atoms with Crippen LogP contribution in [0.3, 0.4) is 0 Å². The van der Waals surface area contributed by atoms with Gasteiger partial charge in [-0.05, 0) is 48.9 Å². The van der Waals surface area contributed by atoms with E-state index >= 15 is 0 Å². The molecule has 2 fully saturated rings. The fourth-order valence-corrected chi connectivity index (χ4v) is 4.58. The van der Waals surface area contributed by atoms with E-state index in [9.17, 15) is 4.79 Å². The zero-order valence-corrected chi connectivity index (χ0v) is 16.2. The van der Waals surface area contributed by atoms with Crippen molar-refractivity contribution in [3.8, 4) is 0 Å². The van der Waals surface area contributed by atoms with Gasteiger partial charge in [-0.25, -0.2) is 4.98 Å². The molecule has 0 bridgehead atoms. The summed E-state index contributed by atoms with van der Waals surface area (Å²) in [6.07, 6.45) is 6.41. The molecule has 0 spiro atoms. The summed E-state index contributed by atoms with van der Waals surface area (Å²) >= 11 is 0. The van der Waals surface area contributed by atoms with E-state index in [2.05, 4.69) is 32.9 Å². The van der Waals surface area contributed by atoms with E-state index in [1.165, 1.54) is 11.1 Å². The van der Waals surface area contributed by atoms with Crippen LogP contribution in [0.4, 0.5) is 5.82 Å². The molecule has 1 amide bonds. The van der Waals surface area contributed by atoms with Gasteiger partial charge in [0.2, 0.25) is 5.91 Å². The van der Waals surface area contributed by atoms with Gasteiger partial charge in [-0.3, -0.25) is 15.6 Å². The minimum Gasteiger partial charge on any atom is -0.384 e. The Morgan fingerprint density at radius 1 is 1.21 bits per heavy atom. The van der Waals surface area contributed by atoms with Gasteiger partial charge in [-0.15, -0.1) is 0 Å². The molecule has 0 radical (unpaired) electrons. The summed E-state index contributed by atoms with van der Waals surface area (Å²) in [6.45, 7) is 1.68. The van der Waals surface area contributed by atoms with Gasteiger partial charge in [0.05, 0.1) is 0 Å². The average Bonchev–Trinajstić information content (AvgIpc) is 3.22. The van der Waals surface area contributed by atoms with E-state index in [-0.39, 0.29) is 23.9 Å². The van der Waals surface area contributed by atoms with Crippen molar-refractivity contribution in [2.45, 2.75) is 50.1 Å². The summed E-state index contributed by atoms with van der Waals surface area (Å²) in [4.78, 5) is 19.3. The molecule has 0 aliphatic carbocycles. The molecule has 2 aromatic rings. The van der Waals surface area contributed by atoms with E-state index in [1.54, 1.807) is 6.20 Å². The second kappa shape index (κ2) is 8.71. The molecule has 3 unspecified atom stereocenters. The molecule has 4 N–H and O–H groups in total. The molecule has 3 atom stereocenters. The Balaban J connectivity index is 1.47. The first kappa shape index (κ1) is 18.9. The predicted molar refractivity (Wildman–Crippen MR) is 110 cm³/mol. The molecule has 0 saturated carbocycles. The van der Waals surface area contributed by atoms with Crippen LogP contribution < -0.4 is 16.6 Å². The molecular formula is C22H29N5O. The standard InChI is InChI=1S/C22H29N5O/c23-20-14-17(11-12-24-20)18-15-25-26-22(18)19-8-4-5-13-27(19)21(28)10-9-16-6-2-1-3-7-16/h1-3,6-7,11-12,14,18-19,22,25-26H,4-5,8-10,13,15H2,(H2,23,24). The van der Waals surface area contributed by atoms with Crippen molar-refractivity contribution >= 4 is 11.7 Å². The van der Waals surface area contributed by atoms with Gasteiger partial charge in [-0.1, -0.05) is 30.3 Å². The van der Waals surface area contributed by atoms with E-state index in [4.69, 9.17) is 5.73 Å². The van der Waals surface area contributed by atoms with Crippen molar-refractivity contribution in [1.29, 1.82) is 0 Å². The van der Waals surface area contributed by atoms with Crippen molar-refractivity contribution in [1.82, 2.24) is 20.7 Å². The number of nitrogens with one attached hydrogen (secondary N) is 2. The average molecular weight is 380 g/mol. The number of nitrogens with zero attached hydrogens (tertiary/aromatic N) is 2. The largest absolute Gasteiger partial charge is 0.384 e. The highest BCUT2D eigenvalue weighted by Gasteiger charge is 2.40. The van der Waals surface area contributed by atoms with Crippen LogP contribution in [0, 0.1) is 0 Å². The highest BCUT2D eigenvalue weighted by molar-refractivity contribution is 5.77. The third-order valence-electron chi connectivity index (χ3n) is 6.01. The Hall–Kier alpha value is -2.44.